The van der Waals surface area contributed by atoms with Gasteiger partial charge in [0.25, 0.3) is 0 Å². The van der Waals surface area contributed by atoms with Crippen molar-refractivity contribution >= 4 is 5.82 Å². The second-order valence-corrected chi connectivity index (χ2v) is 4.26. The molecule has 0 amide bonds. The molecule has 2 aromatic rings. The number of alkyl halides is 3. The maximum atomic E-state index is 12.6. The smallest absolute Gasteiger partial charge is 0.383 e. The van der Waals surface area contributed by atoms with Crippen molar-refractivity contribution in [3.8, 4) is 11.3 Å². The molecule has 19 heavy (non-hydrogen) atoms. The first-order chi connectivity index (χ1) is 8.80. The summed E-state index contributed by atoms with van der Waals surface area (Å²) in [6.07, 6.45) is -3.04. The minimum absolute atomic E-state index is 0.323. The Morgan fingerprint density at radius 1 is 1.11 bits per heavy atom. The van der Waals surface area contributed by atoms with Gasteiger partial charge in [0, 0.05) is 11.1 Å². The van der Waals surface area contributed by atoms with E-state index in [4.69, 9.17) is 5.73 Å². The van der Waals surface area contributed by atoms with Crippen LogP contribution in [0.25, 0.3) is 11.3 Å². The lowest BCUT2D eigenvalue weighted by Gasteiger charge is -2.12. The Hall–Kier alpha value is -2.11. The van der Waals surface area contributed by atoms with Gasteiger partial charge in [0.15, 0.2) is 0 Å². The van der Waals surface area contributed by atoms with E-state index in [1.54, 1.807) is 13.8 Å². The molecule has 1 heterocycles. The fraction of sp³-hybridized carbons (Fsp3) is 0.231. The molecule has 0 saturated carbocycles. The second kappa shape index (κ2) is 4.53. The number of aryl methyl sites for hydroxylation is 1. The van der Waals surface area contributed by atoms with Gasteiger partial charge in [-0.05, 0) is 31.5 Å². The van der Waals surface area contributed by atoms with Crippen molar-refractivity contribution in [1.29, 1.82) is 0 Å². The molecule has 2 N–H and O–H groups in total. The molecule has 0 fully saturated rings. The molecule has 2 rings (SSSR count). The maximum absolute atomic E-state index is 12.6. The highest BCUT2D eigenvalue weighted by molar-refractivity contribution is 5.70. The molecular formula is C13H12F3N3. The van der Waals surface area contributed by atoms with Gasteiger partial charge < -0.3 is 5.73 Å². The van der Waals surface area contributed by atoms with Crippen LogP contribution >= 0.6 is 0 Å². The van der Waals surface area contributed by atoms with Gasteiger partial charge in [0.2, 0.25) is 0 Å². The molecule has 0 saturated heterocycles. The number of hydrogen-bond acceptors (Lipinski definition) is 3. The Morgan fingerprint density at radius 3 is 2.37 bits per heavy atom. The monoisotopic (exact) mass is 267 g/mol. The van der Waals surface area contributed by atoms with Gasteiger partial charge in [-0.3, -0.25) is 0 Å². The molecule has 1 aromatic heterocycles. The second-order valence-electron chi connectivity index (χ2n) is 4.26. The average molecular weight is 267 g/mol. The number of halogens is 3. The summed E-state index contributed by atoms with van der Waals surface area (Å²) < 4.78 is 37.8. The Labute approximate surface area is 108 Å². The lowest BCUT2D eigenvalue weighted by atomic mass is 9.99. The van der Waals surface area contributed by atoms with Gasteiger partial charge in [-0.15, -0.1) is 0 Å². The highest BCUT2D eigenvalue weighted by Crippen LogP contribution is 2.33. The summed E-state index contributed by atoms with van der Waals surface area (Å²) in [6, 6.07) is 3.56. The Balaban J connectivity index is 2.56. The van der Waals surface area contributed by atoms with E-state index in [0.29, 0.717) is 28.2 Å². The van der Waals surface area contributed by atoms with Crippen LogP contribution in [-0.4, -0.2) is 9.97 Å². The fourth-order valence-corrected chi connectivity index (χ4v) is 1.84. The van der Waals surface area contributed by atoms with Crippen LogP contribution in [-0.2, 0) is 6.18 Å². The van der Waals surface area contributed by atoms with Crippen LogP contribution in [0, 0.1) is 13.8 Å². The summed E-state index contributed by atoms with van der Waals surface area (Å²) >= 11 is 0. The summed E-state index contributed by atoms with van der Waals surface area (Å²) in [5, 5.41) is 0. The highest BCUT2D eigenvalue weighted by atomic mass is 19.4. The number of anilines is 1. The maximum Gasteiger partial charge on any atom is 0.416 e. The number of nitrogen functional groups attached to an aromatic ring is 1. The van der Waals surface area contributed by atoms with E-state index in [2.05, 4.69) is 9.97 Å². The minimum atomic E-state index is -4.34. The molecule has 0 aliphatic rings. The molecule has 6 heteroatoms. The number of benzene rings is 1. The standard InChI is InChI=1S/C13H12F3N3/c1-7-5-9(13(14,15)16)3-4-10(7)11-8(2)12(17)19-6-18-11/h3-6H,1-2H3,(H2,17,18,19). The Bertz CT molecular complexity index is 621. The molecule has 0 atom stereocenters. The molecule has 3 nitrogen and oxygen atoms in total. The third kappa shape index (κ3) is 2.52. The normalized spacial score (nSPS) is 11.6. The van der Waals surface area contributed by atoms with E-state index in [1.165, 1.54) is 12.4 Å². The van der Waals surface area contributed by atoms with Gasteiger partial charge in [0.05, 0.1) is 11.3 Å². The van der Waals surface area contributed by atoms with E-state index in [0.717, 1.165) is 12.1 Å². The average Bonchev–Trinajstić information content (AvgIpc) is 2.32. The Kier molecular flexibility index (Phi) is 3.18. The van der Waals surface area contributed by atoms with Crippen molar-refractivity contribution < 1.29 is 13.2 Å². The lowest BCUT2D eigenvalue weighted by molar-refractivity contribution is -0.137. The SMILES string of the molecule is Cc1cc(C(F)(F)F)ccc1-c1ncnc(N)c1C. The quantitative estimate of drug-likeness (QED) is 0.861. The number of hydrogen-bond donors (Lipinski definition) is 1. The third-order valence-corrected chi connectivity index (χ3v) is 2.93. The predicted octanol–water partition coefficient (Wildman–Crippen LogP) is 3.36. The molecule has 0 aliphatic heterocycles. The van der Waals surface area contributed by atoms with E-state index in [-0.39, 0.29) is 0 Å². The molecule has 0 radical (unpaired) electrons. The molecule has 0 spiro atoms. The van der Waals surface area contributed by atoms with Crippen LogP contribution < -0.4 is 5.73 Å². The zero-order valence-electron chi connectivity index (χ0n) is 10.4. The van der Waals surface area contributed by atoms with Gasteiger partial charge in [-0.2, -0.15) is 13.2 Å². The van der Waals surface area contributed by atoms with E-state index < -0.39 is 11.7 Å². The van der Waals surface area contributed by atoms with Gasteiger partial charge in [-0.25, -0.2) is 9.97 Å². The third-order valence-electron chi connectivity index (χ3n) is 2.93. The van der Waals surface area contributed by atoms with E-state index in [1.807, 2.05) is 0 Å². The van der Waals surface area contributed by atoms with Gasteiger partial charge in [-0.1, -0.05) is 6.07 Å². The van der Waals surface area contributed by atoms with E-state index >= 15 is 0 Å². The van der Waals surface area contributed by atoms with Crippen LogP contribution in [0.5, 0.6) is 0 Å². The van der Waals surface area contributed by atoms with Crippen LogP contribution in [0.4, 0.5) is 19.0 Å². The fourth-order valence-electron chi connectivity index (χ4n) is 1.84. The van der Waals surface area contributed by atoms with Crippen LogP contribution in [0.1, 0.15) is 16.7 Å². The number of aromatic nitrogens is 2. The molecule has 1 aromatic carbocycles. The predicted molar refractivity (Wildman–Crippen MR) is 66.4 cm³/mol. The summed E-state index contributed by atoms with van der Waals surface area (Å²) in [4.78, 5) is 7.93. The number of rotatable bonds is 1. The first kappa shape index (κ1) is 13.3. The van der Waals surface area contributed by atoms with Crippen LogP contribution in [0.3, 0.4) is 0 Å². The molecular weight excluding hydrogens is 255 g/mol. The van der Waals surface area contributed by atoms with Crippen molar-refractivity contribution in [2.75, 3.05) is 5.73 Å². The van der Waals surface area contributed by atoms with Crippen molar-refractivity contribution in [3.05, 3.63) is 41.2 Å². The van der Waals surface area contributed by atoms with Crippen molar-refractivity contribution in [1.82, 2.24) is 9.97 Å². The summed E-state index contributed by atoms with van der Waals surface area (Å²) in [5.74, 6) is 0.323. The first-order valence-corrected chi connectivity index (χ1v) is 5.56. The molecule has 0 unspecified atom stereocenters. The molecule has 100 valence electrons. The van der Waals surface area contributed by atoms with Crippen molar-refractivity contribution in [2.24, 2.45) is 0 Å². The summed E-state index contributed by atoms with van der Waals surface area (Å²) in [7, 11) is 0. The highest BCUT2D eigenvalue weighted by Gasteiger charge is 2.30. The zero-order chi connectivity index (χ0) is 14.2. The Morgan fingerprint density at radius 2 is 1.79 bits per heavy atom. The first-order valence-electron chi connectivity index (χ1n) is 5.56. The molecule has 0 aliphatic carbocycles. The van der Waals surface area contributed by atoms with Crippen molar-refractivity contribution in [3.63, 3.8) is 0 Å². The van der Waals surface area contributed by atoms with Crippen LogP contribution in [0.15, 0.2) is 24.5 Å². The van der Waals surface area contributed by atoms with Gasteiger partial charge in [0.1, 0.15) is 12.1 Å². The largest absolute Gasteiger partial charge is 0.416 e. The summed E-state index contributed by atoms with van der Waals surface area (Å²) in [5.41, 5.74) is 7.34. The zero-order valence-corrected chi connectivity index (χ0v) is 10.4. The summed E-state index contributed by atoms with van der Waals surface area (Å²) in [6.45, 7) is 3.35. The van der Waals surface area contributed by atoms with Crippen LogP contribution in [0.2, 0.25) is 0 Å². The number of nitrogens with zero attached hydrogens (tertiary/aromatic N) is 2. The van der Waals surface area contributed by atoms with E-state index in [9.17, 15) is 13.2 Å². The number of nitrogens with two attached hydrogens (primary N) is 1. The van der Waals surface area contributed by atoms with Gasteiger partial charge >= 0.3 is 6.18 Å². The van der Waals surface area contributed by atoms with Crippen molar-refractivity contribution in [2.45, 2.75) is 20.0 Å². The topological polar surface area (TPSA) is 51.8 Å². The molecule has 0 bridgehead atoms. The minimum Gasteiger partial charge on any atom is -0.383 e. The lowest BCUT2D eigenvalue weighted by Crippen LogP contribution is -2.06.